The Balaban J connectivity index is 1.88. The lowest BCUT2D eigenvalue weighted by molar-refractivity contribution is 0.288. The Bertz CT molecular complexity index is 182. The van der Waals surface area contributed by atoms with Crippen LogP contribution in [0.4, 0.5) is 0 Å². The molecule has 1 aliphatic rings. The minimum absolute atomic E-state index is 0.726. The summed E-state index contributed by atoms with van der Waals surface area (Å²) in [5.74, 6) is 0.965. The number of hydrogen-bond donors (Lipinski definition) is 2. The van der Waals surface area contributed by atoms with Crippen LogP contribution < -0.4 is 10.6 Å². The predicted octanol–water partition coefficient (Wildman–Crippen LogP) is 3.71. The van der Waals surface area contributed by atoms with E-state index in [1.165, 1.54) is 77.4 Å². The van der Waals surface area contributed by atoms with Crippen LogP contribution in [0.2, 0.25) is 0 Å². The molecule has 1 aliphatic heterocycles. The third-order valence-corrected chi connectivity index (χ3v) is 4.28. The highest BCUT2D eigenvalue weighted by Gasteiger charge is 2.19. The minimum Gasteiger partial charge on any atom is -0.315 e. The van der Waals surface area contributed by atoms with Crippen molar-refractivity contribution < 1.29 is 0 Å². The van der Waals surface area contributed by atoms with Crippen molar-refractivity contribution in [2.45, 2.75) is 77.7 Å². The Morgan fingerprint density at radius 3 is 2.61 bits per heavy atom. The molecule has 2 nitrogen and oxygen atoms in total. The predicted molar refractivity (Wildman–Crippen MR) is 81.1 cm³/mol. The maximum atomic E-state index is 3.64. The van der Waals surface area contributed by atoms with Gasteiger partial charge in [-0.2, -0.15) is 0 Å². The Kier molecular flexibility index (Phi) is 9.59. The molecule has 1 fully saturated rings. The smallest absolute Gasteiger partial charge is 0.0195 e. The third-order valence-electron chi connectivity index (χ3n) is 4.28. The first-order chi connectivity index (χ1) is 8.86. The summed E-state index contributed by atoms with van der Waals surface area (Å²) in [4.78, 5) is 0. The van der Waals surface area contributed by atoms with Crippen LogP contribution >= 0.6 is 0 Å². The van der Waals surface area contributed by atoms with E-state index in [0.717, 1.165) is 12.0 Å². The first-order valence-electron chi connectivity index (χ1n) is 8.30. The van der Waals surface area contributed by atoms with Gasteiger partial charge in [0.15, 0.2) is 0 Å². The first-order valence-corrected chi connectivity index (χ1v) is 8.30. The highest BCUT2D eigenvalue weighted by Crippen LogP contribution is 2.18. The zero-order valence-corrected chi connectivity index (χ0v) is 12.6. The van der Waals surface area contributed by atoms with Gasteiger partial charge >= 0.3 is 0 Å². The molecular weight excluding hydrogens is 220 g/mol. The van der Waals surface area contributed by atoms with Crippen LogP contribution in [-0.2, 0) is 0 Å². The second-order valence-electron chi connectivity index (χ2n) is 5.92. The molecule has 0 bridgehead atoms. The van der Waals surface area contributed by atoms with E-state index in [9.17, 15) is 0 Å². The second-order valence-corrected chi connectivity index (χ2v) is 5.92. The molecule has 0 spiro atoms. The summed E-state index contributed by atoms with van der Waals surface area (Å²) in [5, 5.41) is 7.27. The normalized spacial score (nSPS) is 24.3. The van der Waals surface area contributed by atoms with Crippen molar-refractivity contribution in [1.29, 1.82) is 0 Å². The average Bonchev–Trinajstić information content (AvgIpc) is 2.42. The molecule has 2 N–H and O–H groups in total. The summed E-state index contributed by atoms with van der Waals surface area (Å²) in [6.45, 7) is 8.22. The number of unbranched alkanes of at least 4 members (excludes halogenated alkanes) is 5. The standard InChI is InChI=1S/C16H34N2/c1-3-5-6-7-8-9-11-17-14-16-13-15(4-2)10-12-18-16/h15-18H,3-14H2,1-2H3. The highest BCUT2D eigenvalue weighted by molar-refractivity contribution is 4.79. The van der Waals surface area contributed by atoms with E-state index in [1.807, 2.05) is 0 Å². The molecule has 0 amide bonds. The Hall–Kier alpha value is -0.0800. The van der Waals surface area contributed by atoms with Crippen LogP contribution in [-0.4, -0.2) is 25.7 Å². The molecule has 1 rings (SSSR count). The summed E-state index contributed by atoms with van der Waals surface area (Å²) >= 11 is 0. The summed E-state index contributed by atoms with van der Waals surface area (Å²) in [6.07, 6.45) is 12.5. The zero-order chi connectivity index (χ0) is 13.1. The monoisotopic (exact) mass is 254 g/mol. The van der Waals surface area contributed by atoms with Crippen molar-refractivity contribution in [1.82, 2.24) is 10.6 Å². The fourth-order valence-corrected chi connectivity index (χ4v) is 2.93. The van der Waals surface area contributed by atoms with Gasteiger partial charge in [0.05, 0.1) is 0 Å². The van der Waals surface area contributed by atoms with Crippen molar-refractivity contribution in [2.75, 3.05) is 19.6 Å². The molecule has 2 atom stereocenters. The summed E-state index contributed by atoms with van der Waals surface area (Å²) < 4.78 is 0. The Morgan fingerprint density at radius 2 is 1.83 bits per heavy atom. The van der Waals surface area contributed by atoms with Gasteiger partial charge in [-0.3, -0.25) is 0 Å². The van der Waals surface area contributed by atoms with Crippen LogP contribution in [0.5, 0.6) is 0 Å². The van der Waals surface area contributed by atoms with Crippen molar-refractivity contribution >= 4 is 0 Å². The highest BCUT2D eigenvalue weighted by atomic mass is 15.0. The van der Waals surface area contributed by atoms with E-state index in [4.69, 9.17) is 0 Å². The SMILES string of the molecule is CCCCCCCCNCC1CC(CC)CCN1. The minimum atomic E-state index is 0.726. The van der Waals surface area contributed by atoms with Crippen LogP contribution in [0.15, 0.2) is 0 Å². The lowest BCUT2D eigenvalue weighted by atomic mass is 9.90. The van der Waals surface area contributed by atoms with Gasteiger partial charge in [0.1, 0.15) is 0 Å². The van der Waals surface area contributed by atoms with E-state index in [2.05, 4.69) is 24.5 Å². The van der Waals surface area contributed by atoms with E-state index >= 15 is 0 Å². The molecule has 18 heavy (non-hydrogen) atoms. The Morgan fingerprint density at radius 1 is 1.06 bits per heavy atom. The van der Waals surface area contributed by atoms with Crippen LogP contribution in [0.1, 0.15) is 71.6 Å². The topological polar surface area (TPSA) is 24.1 Å². The fourth-order valence-electron chi connectivity index (χ4n) is 2.93. The van der Waals surface area contributed by atoms with Crippen molar-refractivity contribution in [3.8, 4) is 0 Å². The third kappa shape index (κ3) is 7.38. The average molecular weight is 254 g/mol. The fraction of sp³-hybridized carbons (Fsp3) is 1.00. The van der Waals surface area contributed by atoms with E-state index in [0.29, 0.717) is 0 Å². The maximum Gasteiger partial charge on any atom is 0.0195 e. The van der Waals surface area contributed by atoms with Crippen LogP contribution in [0, 0.1) is 5.92 Å². The molecule has 2 heteroatoms. The van der Waals surface area contributed by atoms with Gasteiger partial charge in [-0.1, -0.05) is 52.4 Å². The summed E-state index contributed by atoms with van der Waals surface area (Å²) in [7, 11) is 0. The molecule has 0 saturated carbocycles. The van der Waals surface area contributed by atoms with Gasteiger partial charge < -0.3 is 10.6 Å². The van der Waals surface area contributed by atoms with Crippen molar-refractivity contribution in [2.24, 2.45) is 5.92 Å². The van der Waals surface area contributed by atoms with Gasteiger partial charge in [-0.05, 0) is 38.3 Å². The molecule has 1 saturated heterocycles. The van der Waals surface area contributed by atoms with E-state index in [1.54, 1.807) is 0 Å². The van der Waals surface area contributed by atoms with E-state index in [-0.39, 0.29) is 0 Å². The lowest BCUT2D eigenvalue weighted by Gasteiger charge is -2.30. The van der Waals surface area contributed by atoms with Crippen molar-refractivity contribution in [3.05, 3.63) is 0 Å². The zero-order valence-electron chi connectivity index (χ0n) is 12.6. The van der Waals surface area contributed by atoms with Gasteiger partial charge in [-0.25, -0.2) is 0 Å². The number of piperidine rings is 1. The summed E-state index contributed by atoms with van der Waals surface area (Å²) in [5.41, 5.74) is 0. The largest absolute Gasteiger partial charge is 0.315 e. The Labute approximate surface area is 114 Å². The number of nitrogens with one attached hydrogen (secondary N) is 2. The molecule has 0 aliphatic carbocycles. The van der Waals surface area contributed by atoms with Gasteiger partial charge in [0.2, 0.25) is 0 Å². The van der Waals surface area contributed by atoms with Gasteiger partial charge in [0.25, 0.3) is 0 Å². The lowest BCUT2D eigenvalue weighted by Crippen LogP contribution is -2.44. The molecule has 0 aromatic rings. The van der Waals surface area contributed by atoms with Crippen molar-refractivity contribution in [3.63, 3.8) is 0 Å². The van der Waals surface area contributed by atoms with E-state index < -0.39 is 0 Å². The molecule has 0 aromatic heterocycles. The van der Waals surface area contributed by atoms with Crippen LogP contribution in [0.25, 0.3) is 0 Å². The quantitative estimate of drug-likeness (QED) is 0.581. The second kappa shape index (κ2) is 10.8. The summed E-state index contributed by atoms with van der Waals surface area (Å²) in [6, 6.07) is 0.726. The molecular formula is C16H34N2. The van der Waals surface area contributed by atoms with Gasteiger partial charge in [0, 0.05) is 12.6 Å². The van der Waals surface area contributed by atoms with Crippen LogP contribution in [0.3, 0.4) is 0 Å². The van der Waals surface area contributed by atoms with Gasteiger partial charge in [-0.15, -0.1) is 0 Å². The molecule has 108 valence electrons. The molecule has 0 radical (unpaired) electrons. The number of rotatable bonds is 10. The molecule has 2 unspecified atom stereocenters. The first kappa shape index (κ1) is 16.0. The number of hydrogen-bond acceptors (Lipinski definition) is 2. The molecule has 1 heterocycles. The molecule has 0 aromatic carbocycles. The maximum absolute atomic E-state index is 3.64.